The van der Waals surface area contributed by atoms with E-state index in [1.54, 1.807) is 0 Å². The van der Waals surface area contributed by atoms with Crippen molar-refractivity contribution in [3.8, 4) is 11.5 Å². The summed E-state index contributed by atoms with van der Waals surface area (Å²) >= 11 is 5.86. The number of aromatic nitrogens is 2. The van der Waals surface area contributed by atoms with E-state index in [2.05, 4.69) is 15.0 Å². The van der Waals surface area contributed by atoms with Gasteiger partial charge in [-0.15, -0.1) is 0 Å². The molecule has 1 aromatic carbocycles. The zero-order valence-corrected chi connectivity index (χ0v) is 11.9. The Hall–Kier alpha value is -1.43. The van der Waals surface area contributed by atoms with Crippen LogP contribution in [0.2, 0.25) is 5.02 Å². The van der Waals surface area contributed by atoms with E-state index >= 15 is 0 Å². The normalized spacial score (nSPS) is 17.5. The zero-order valence-electron chi connectivity index (χ0n) is 11.1. The van der Waals surface area contributed by atoms with Gasteiger partial charge in [-0.25, -0.2) is 0 Å². The Kier molecular flexibility index (Phi) is 4.00. The average Bonchev–Trinajstić information content (AvgIpc) is 2.91. The first-order chi connectivity index (χ1) is 9.70. The van der Waals surface area contributed by atoms with Gasteiger partial charge in [0.1, 0.15) is 0 Å². The van der Waals surface area contributed by atoms with Crippen LogP contribution < -0.4 is 5.73 Å². The molecular weight excluding hydrogens is 276 g/mol. The number of nitrogens with two attached hydrogens (primary N) is 1. The van der Waals surface area contributed by atoms with Crippen LogP contribution in [0.5, 0.6) is 0 Å². The molecule has 2 N–H and O–H groups in total. The Labute approximate surface area is 122 Å². The quantitative estimate of drug-likeness (QED) is 0.940. The number of hydrogen-bond acceptors (Lipinski definition) is 5. The molecule has 5 nitrogen and oxygen atoms in total. The zero-order chi connectivity index (χ0) is 13.9. The Morgan fingerprint density at radius 1 is 1.25 bits per heavy atom. The molecular formula is C14H17ClN4O. The van der Waals surface area contributed by atoms with Gasteiger partial charge in [-0.1, -0.05) is 16.8 Å². The van der Waals surface area contributed by atoms with Crippen molar-refractivity contribution in [3.05, 3.63) is 35.1 Å². The Morgan fingerprint density at radius 2 is 1.95 bits per heavy atom. The van der Waals surface area contributed by atoms with Crippen LogP contribution in [-0.2, 0) is 6.54 Å². The smallest absolute Gasteiger partial charge is 0.257 e. The molecule has 0 bridgehead atoms. The monoisotopic (exact) mass is 292 g/mol. The van der Waals surface area contributed by atoms with E-state index in [1.807, 2.05) is 24.3 Å². The molecule has 1 aliphatic rings. The predicted octanol–water partition coefficient (Wildman–Crippen LogP) is 2.31. The molecule has 1 aliphatic heterocycles. The Morgan fingerprint density at radius 3 is 2.65 bits per heavy atom. The van der Waals surface area contributed by atoms with Gasteiger partial charge < -0.3 is 10.3 Å². The third kappa shape index (κ3) is 3.17. The molecule has 0 spiro atoms. The highest BCUT2D eigenvalue weighted by Crippen LogP contribution is 2.20. The van der Waals surface area contributed by atoms with E-state index in [0.717, 1.165) is 31.5 Å². The molecule has 106 valence electrons. The van der Waals surface area contributed by atoms with Gasteiger partial charge in [-0.05, 0) is 37.1 Å². The number of halogens is 1. The molecule has 1 saturated heterocycles. The van der Waals surface area contributed by atoms with Crippen LogP contribution in [0.25, 0.3) is 11.5 Å². The van der Waals surface area contributed by atoms with Crippen molar-refractivity contribution in [2.24, 2.45) is 5.73 Å². The lowest BCUT2D eigenvalue weighted by Gasteiger charge is -2.28. The van der Waals surface area contributed by atoms with Crippen molar-refractivity contribution in [2.45, 2.75) is 25.4 Å². The van der Waals surface area contributed by atoms with Crippen LogP contribution >= 0.6 is 11.6 Å². The number of piperidine rings is 1. The van der Waals surface area contributed by atoms with E-state index in [1.165, 1.54) is 0 Å². The fraction of sp³-hybridized carbons (Fsp3) is 0.429. The maximum atomic E-state index is 5.90. The van der Waals surface area contributed by atoms with Crippen molar-refractivity contribution in [1.29, 1.82) is 0 Å². The van der Waals surface area contributed by atoms with Gasteiger partial charge in [0.05, 0.1) is 6.54 Å². The van der Waals surface area contributed by atoms with Crippen LogP contribution in [0.3, 0.4) is 0 Å². The molecule has 0 radical (unpaired) electrons. The second-order valence-electron chi connectivity index (χ2n) is 5.14. The summed E-state index contributed by atoms with van der Waals surface area (Å²) in [5, 5.41) is 4.73. The van der Waals surface area contributed by atoms with E-state index in [-0.39, 0.29) is 0 Å². The predicted molar refractivity (Wildman–Crippen MR) is 77.2 cm³/mol. The standard InChI is InChI=1S/C14H17ClN4O/c15-11-3-1-10(2-4-11)14-17-13(18-20-14)9-19-7-5-12(16)6-8-19/h1-4,12H,5-9,16H2. The van der Waals surface area contributed by atoms with E-state index in [0.29, 0.717) is 29.3 Å². The fourth-order valence-corrected chi connectivity index (χ4v) is 2.46. The highest BCUT2D eigenvalue weighted by molar-refractivity contribution is 6.30. The number of rotatable bonds is 3. The topological polar surface area (TPSA) is 68.2 Å². The number of likely N-dealkylation sites (tertiary alicyclic amines) is 1. The highest BCUT2D eigenvalue weighted by Gasteiger charge is 2.18. The Balaban J connectivity index is 1.66. The van der Waals surface area contributed by atoms with E-state index in [9.17, 15) is 0 Å². The van der Waals surface area contributed by atoms with Gasteiger partial charge in [-0.3, -0.25) is 4.90 Å². The van der Waals surface area contributed by atoms with Gasteiger partial charge >= 0.3 is 0 Å². The summed E-state index contributed by atoms with van der Waals surface area (Å²) in [7, 11) is 0. The van der Waals surface area contributed by atoms with E-state index < -0.39 is 0 Å². The molecule has 0 unspecified atom stereocenters. The number of nitrogens with zero attached hydrogens (tertiary/aromatic N) is 3. The molecule has 2 heterocycles. The second kappa shape index (κ2) is 5.91. The second-order valence-corrected chi connectivity index (χ2v) is 5.57. The van der Waals surface area contributed by atoms with E-state index in [4.69, 9.17) is 21.9 Å². The minimum atomic E-state index is 0.334. The van der Waals surface area contributed by atoms with Crippen molar-refractivity contribution in [2.75, 3.05) is 13.1 Å². The largest absolute Gasteiger partial charge is 0.334 e. The maximum Gasteiger partial charge on any atom is 0.257 e. The molecule has 2 aromatic rings. The van der Waals surface area contributed by atoms with Crippen LogP contribution in [0.1, 0.15) is 18.7 Å². The summed E-state index contributed by atoms with van der Waals surface area (Å²) in [6.07, 6.45) is 2.06. The first-order valence-corrected chi connectivity index (χ1v) is 7.15. The van der Waals surface area contributed by atoms with Crippen LogP contribution in [0.4, 0.5) is 0 Å². The average molecular weight is 293 g/mol. The molecule has 0 amide bonds. The van der Waals surface area contributed by atoms with Gasteiger partial charge in [-0.2, -0.15) is 4.98 Å². The summed E-state index contributed by atoms with van der Waals surface area (Å²) in [6.45, 7) is 2.70. The lowest BCUT2D eigenvalue weighted by atomic mass is 10.1. The molecule has 20 heavy (non-hydrogen) atoms. The lowest BCUT2D eigenvalue weighted by molar-refractivity contribution is 0.199. The summed E-state index contributed by atoms with van der Waals surface area (Å²) in [6, 6.07) is 7.71. The molecule has 0 saturated carbocycles. The van der Waals surface area contributed by atoms with Crippen LogP contribution in [-0.4, -0.2) is 34.2 Å². The molecule has 6 heteroatoms. The van der Waals surface area contributed by atoms with Gasteiger partial charge in [0.15, 0.2) is 5.82 Å². The van der Waals surface area contributed by atoms with Crippen LogP contribution in [0.15, 0.2) is 28.8 Å². The first-order valence-electron chi connectivity index (χ1n) is 6.77. The summed E-state index contributed by atoms with van der Waals surface area (Å²) in [5.74, 6) is 1.25. The summed E-state index contributed by atoms with van der Waals surface area (Å²) < 4.78 is 5.30. The number of benzene rings is 1. The molecule has 1 fully saturated rings. The summed E-state index contributed by atoms with van der Waals surface area (Å²) in [5.41, 5.74) is 6.78. The van der Waals surface area contributed by atoms with Gasteiger partial charge in [0, 0.05) is 29.7 Å². The Bertz CT molecular complexity index is 561. The summed E-state index contributed by atoms with van der Waals surface area (Å²) in [4.78, 5) is 6.73. The third-order valence-electron chi connectivity index (χ3n) is 3.56. The molecule has 0 aliphatic carbocycles. The minimum absolute atomic E-state index is 0.334. The van der Waals surface area contributed by atoms with Gasteiger partial charge in [0.25, 0.3) is 5.89 Å². The third-order valence-corrected chi connectivity index (χ3v) is 3.81. The van der Waals surface area contributed by atoms with Gasteiger partial charge in [0.2, 0.25) is 0 Å². The lowest BCUT2D eigenvalue weighted by Crippen LogP contribution is -2.39. The number of hydrogen-bond donors (Lipinski definition) is 1. The molecule has 0 atom stereocenters. The van der Waals surface area contributed by atoms with Crippen LogP contribution in [0, 0.1) is 0 Å². The molecule has 3 rings (SSSR count). The highest BCUT2D eigenvalue weighted by atomic mass is 35.5. The minimum Gasteiger partial charge on any atom is -0.334 e. The first kappa shape index (κ1) is 13.5. The SMILES string of the molecule is NC1CCN(Cc2noc(-c3ccc(Cl)cc3)n2)CC1. The van der Waals surface area contributed by atoms with Crippen molar-refractivity contribution >= 4 is 11.6 Å². The maximum absolute atomic E-state index is 5.90. The molecule has 1 aromatic heterocycles. The fourth-order valence-electron chi connectivity index (χ4n) is 2.34. The van der Waals surface area contributed by atoms with Crippen molar-refractivity contribution in [3.63, 3.8) is 0 Å². The van der Waals surface area contributed by atoms with Crippen molar-refractivity contribution in [1.82, 2.24) is 15.0 Å². The van der Waals surface area contributed by atoms with Crippen molar-refractivity contribution < 1.29 is 4.52 Å².